The molecule has 1 aliphatic heterocycles. The monoisotopic (exact) mass is 392 g/mol. The van der Waals surface area contributed by atoms with Crippen LogP contribution in [0.15, 0.2) is 59.4 Å². The molecule has 0 aliphatic carbocycles. The third-order valence-corrected chi connectivity index (χ3v) is 5.80. The lowest BCUT2D eigenvalue weighted by Crippen LogP contribution is -2.39. The van der Waals surface area contributed by atoms with Gasteiger partial charge in [0.1, 0.15) is 6.54 Å². The Bertz CT molecular complexity index is 1030. The maximum atomic E-state index is 12.8. The highest BCUT2D eigenvalue weighted by Gasteiger charge is 2.24. The zero-order valence-corrected chi connectivity index (χ0v) is 16.9. The minimum Gasteiger partial charge on any atom is -0.353 e. The topological polar surface area (TPSA) is 59.3 Å². The summed E-state index contributed by atoms with van der Waals surface area (Å²) in [6, 6.07) is 18.1. The number of carbonyl (C=O) groups excluding carboxylic acids is 1. The summed E-state index contributed by atoms with van der Waals surface area (Å²) in [4.78, 5) is 28.0. The quantitative estimate of drug-likeness (QED) is 0.673. The number of benzene rings is 2. The summed E-state index contributed by atoms with van der Waals surface area (Å²) >= 11 is 0. The van der Waals surface area contributed by atoms with Gasteiger partial charge in [0.05, 0.1) is 17.1 Å². The second-order valence-corrected chi connectivity index (χ2v) is 7.58. The molecular weight excluding hydrogens is 364 g/mol. The number of aryl methyl sites for hydroxylation is 1. The molecule has 1 saturated heterocycles. The van der Waals surface area contributed by atoms with Crippen LogP contribution < -0.4 is 11.0 Å². The number of para-hydroxylation sites is 2. The number of likely N-dealkylation sites (tertiary alicyclic amines) is 1. The van der Waals surface area contributed by atoms with Gasteiger partial charge in [-0.25, -0.2) is 4.79 Å². The Labute approximate surface area is 170 Å². The van der Waals surface area contributed by atoms with E-state index in [1.807, 2.05) is 49.4 Å². The lowest BCUT2D eigenvalue weighted by molar-refractivity contribution is -0.121. The number of fused-ring (bicyclic) bond motifs is 1. The Morgan fingerprint density at radius 3 is 2.24 bits per heavy atom. The van der Waals surface area contributed by atoms with Crippen LogP contribution in [0.2, 0.25) is 0 Å². The van der Waals surface area contributed by atoms with Gasteiger partial charge in [0.2, 0.25) is 5.91 Å². The van der Waals surface area contributed by atoms with Crippen molar-refractivity contribution in [3.8, 4) is 0 Å². The first-order valence-electron chi connectivity index (χ1n) is 10.4. The molecular formula is C23H28N4O2. The van der Waals surface area contributed by atoms with Gasteiger partial charge in [0.15, 0.2) is 0 Å². The second kappa shape index (κ2) is 8.66. The molecule has 1 aromatic heterocycles. The molecule has 2 aromatic carbocycles. The molecule has 2 heterocycles. The third-order valence-electron chi connectivity index (χ3n) is 5.80. The summed E-state index contributed by atoms with van der Waals surface area (Å²) < 4.78 is 3.28. The summed E-state index contributed by atoms with van der Waals surface area (Å²) in [6.45, 7) is 5.22. The van der Waals surface area contributed by atoms with Crippen molar-refractivity contribution in [3.05, 3.63) is 70.6 Å². The van der Waals surface area contributed by atoms with E-state index in [0.29, 0.717) is 13.1 Å². The number of imidazole rings is 1. The Morgan fingerprint density at radius 1 is 0.966 bits per heavy atom. The number of aromatic nitrogens is 2. The Hall–Kier alpha value is -2.86. The number of rotatable bonds is 7. The van der Waals surface area contributed by atoms with Gasteiger partial charge in [-0.3, -0.25) is 18.8 Å². The van der Waals surface area contributed by atoms with Crippen molar-refractivity contribution in [2.24, 2.45) is 0 Å². The van der Waals surface area contributed by atoms with Crippen LogP contribution in [0.5, 0.6) is 0 Å². The van der Waals surface area contributed by atoms with E-state index in [2.05, 4.69) is 22.3 Å². The summed E-state index contributed by atoms with van der Waals surface area (Å²) in [5.41, 5.74) is 2.75. The van der Waals surface area contributed by atoms with Gasteiger partial charge in [-0.2, -0.15) is 0 Å². The molecule has 6 heteroatoms. The van der Waals surface area contributed by atoms with Crippen molar-refractivity contribution in [1.29, 1.82) is 0 Å². The van der Waals surface area contributed by atoms with Crippen LogP contribution in [-0.4, -0.2) is 39.6 Å². The minimum absolute atomic E-state index is 0.0356. The number of nitrogens with one attached hydrogen (secondary N) is 1. The first-order chi connectivity index (χ1) is 14.2. The van der Waals surface area contributed by atoms with Crippen molar-refractivity contribution in [1.82, 2.24) is 19.4 Å². The molecule has 1 N–H and O–H groups in total. The summed E-state index contributed by atoms with van der Waals surface area (Å²) in [6.07, 6.45) is 2.40. The van der Waals surface area contributed by atoms with Gasteiger partial charge in [0, 0.05) is 13.1 Å². The number of nitrogens with zero attached hydrogens (tertiary/aromatic N) is 3. The molecule has 1 aliphatic rings. The molecule has 1 fully saturated rings. The van der Waals surface area contributed by atoms with Crippen LogP contribution in [0.25, 0.3) is 11.0 Å². The van der Waals surface area contributed by atoms with E-state index in [4.69, 9.17) is 0 Å². The Kier molecular flexibility index (Phi) is 5.81. The molecule has 0 radical (unpaired) electrons. The maximum Gasteiger partial charge on any atom is 0.329 e. The predicted octanol–water partition coefficient (Wildman–Crippen LogP) is 2.78. The molecule has 152 valence electrons. The molecule has 4 rings (SSSR count). The highest BCUT2D eigenvalue weighted by atomic mass is 16.2. The molecule has 1 amide bonds. The molecule has 3 aromatic rings. The molecule has 6 nitrogen and oxygen atoms in total. The lowest BCUT2D eigenvalue weighted by atomic mass is 10.1. The molecule has 0 spiro atoms. The van der Waals surface area contributed by atoms with Gasteiger partial charge in [-0.15, -0.1) is 0 Å². The fraction of sp³-hybridized carbons (Fsp3) is 0.391. The van der Waals surface area contributed by atoms with E-state index < -0.39 is 0 Å². The van der Waals surface area contributed by atoms with Crippen molar-refractivity contribution in [2.75, 3.05) is 19.6 Å². The third kappa shape index (κ3) is 3.98. The standard InChI is InChI=1S/C23H28N4O2/c1-2-26-19-12-6-7-13-20(19)27(23(26)29)17-22(28)24-16-21(25-14-8-9-15-25)18-10-4-3-5-11-18/h3-7,10-13,21H,2,8-9,14-17H2,1H3,(H,24,28)/t21-/m0/s1. The van der Waals surface area contributed by atoms with Crippen molar-refractivity contribution in [3.63, 3.8) is 0 Å². The average molecular weight is 393 g/mol. The van der Waals surface area contributed by atoms with E-state index in [1.54, 1.807) is 9.13 Å². The van der Waals surface area contributed by atoms with Crippen molar-refractivity contribution in [2.45, 2.75) is 38.9 Å². The van der Waals surface area contributed by atoms with Gasteiger partial charge < -0.3 is 5.32 Å². The van der Waals surface area contributed by atoms with Gasteiger partial charge in [-0.05, 0) is 50.6 Å². The highest BCUT2D eigenvalue weighted by Crippen LogP contribution is 2.24. The maximum absolute atomic E-state index is 12.8. The molecule has 0 saturated carbocycles. The zero-order valence-electron chi connectivity index (χ0n) is 16.9. The first kappa shape index (κ1) is 19.5. The zero-order chi connectivity index (χ0) is 20.2. The predicted molar refractivity (Wildman–Crippen MR) is 115 cm³/mol. The summed E-state index contributed by atoms with van der Waals surface area (Å²) in [5.74, 6) is -0.133. The summed E-state index contributed by atoms with van der Waals surface area (Å²) in [7, 11) is 0. The van der Waals surface area contributed by atoms with Gasteiger partial charge >= 0.3 is 5.69 Å². The SMILES string of the molecule is CCn1c(=O)n(CC(=O)NC[C@@H](c2ccccc2)N2CCCC2)c2ccccc21. The Balaban J connectivity index is 1.50. The van der Waals surface area contributed by atoms with E-state index >= 15 is 0 Å². The molecule has 0 unspecified atom stereocenters. The average Bonchev–Trinajstić information content (AvgIpc) is 3.36. The largest absolute Gasteiger partial charge is 0.353 e. The van der Waals surface area contributed by atoms with E-state index in [0.717, 1.165) is 24.1 Å². The normalized spacial score (nSPS) is 15.6. The van der Waals surface area contributed by atoms with Crippen LogP contribution >= 0.6 is 0 Å². The summed E-state index contributed by atoms with van der Waals surface area (Å²) in [5, 5.41) is 3.08. The van der Waals surface area contributed by atoms with Gasteiger partial charge in [-0.1, -0.05) is 42.5 Å². The number of hydrogen-bond donors (Lipinski definition) is 1. The number of hydrogen-bond acceptors (Lipinski definition) is 3. The lowest BCUT2D eigenvalue weighted by Gasteiger charge is -2.28. The smallest absolute Gasteiger partial charge is 0.329 e. The molecule has 1 atom stereocenters. The number of carbonyl (C=O) groups is 1. The van der Waals surface area contributed by atoms with Crippen LogP contribution in [0.3, 0.4) is 0 Å². The van der Waals surface area contributed by atoms with E-state index in [-0.39, 0.29) is 24.2 Å². The van der Waals surface area contributed by atoms with Gasteiger partial charge in [0.25, 0.3) is 0 Å². The second-order valence-electron chi connectivity index (χ2n) is 7.58. The first-order valence-corrected chi connectivity index (χ1v) is 10.4. The highest BCUT2D eigenvalue weighted by molar-refractivity contribution is 5.81. The minimum atomic E-state index is -0.136. The molecule has 0 bridgehead atoms. The van der Waals surface area contributed by atoms with Crippen molar-refractivity contribution < 1.29 is 4.79 Å². The molecule has 29 heavy (non-hydrogen) atoms. The number of amides is 1. The van der Waals surface area contributed by atoms with Crippen LogP contribution in [-0.2, 0) is 17.9 Å². The van der Waals surface area contributed by atoms with Crippen LogP contribution in [0.1, 0.15) is 31.4 Å². The van der Waals surface area contributed by atoms with Crippen LogP contribution in [0, 0.1) is 0 Å². The van der Waals surface area contributed by atoms with Crippen molar-refractivity contribution >= 4 is 16.9 Å². The Morgan fingerprint density at radius 2 is 1.59 bits per heavy atom. The van der Waals surface area contributed by atoms with Crippen LogP contribution in [0.4, 0.5) is 0 Å². The van der Waals surface area contributed by atoms with E-state index in [1.165, 1.54) is 18.4 Å². The fourth-order valence-electron chi connectivity index (χ4n) is 4.33. The fourth-order valence-corrected chi connectivity index (χ4v) is 4.33. The van der Waals surface area contributed by atoms with E-state index in [9.17, 15) is 9.59 Å².